The second kappa shape index (κ2) is 9.95. The Kier molecular flexibility index (Phi) is 8.56. The van der Waals surface area contributed by atoms with Crippen molar-refractivity contribution in [1.29, 1.82) is 0 Å². The molecule has 0 heterocycles. The molecule has 0 fully saturated rings. The number of nitrogens with one attached hydrogen (secondary N) is 1. The molecule has 0 saturated heterocycles. The molecule has 0 saturated carbocycles. The van der Waals surface area contributed by atoms with Crippen LogP contribution in [-0.2, 0) is 17.7 Å². The normalized spacial score (nSPS) is 11.5. The molecule has 0 aromatic heterocycles. The van der Waals surface area contributed by atoms with E-state index in [1.165, 1.54) is 24.0 Å². The first-order valence-corrected chi connectivity index (χ1v) is 7.98. The molecule has 114 valence electrons. The van der Waals surface area contributed by atoms with Crippen LogP contribution in [0.2, 0.25) is 0 Å². The fourth-order valence-corrected chi connectivity index (χ4v) is 2.17. The number of hydrogen-bond donors (Lipinski definition) is 1. The third kappa shape index (κ3) is 8.34. The lowest BCUT2D eigenvalue weighted by atomic mass is 10.0. The maximum atomic E-state index is 5.52. The molecule has 0 amide bonds. The average Bonchev–Trinajstić information content (AvgIpc) is 2.38. The van der Waals surface area contributed by atoms with Gasteiger partial charge in [-0.25, -0.2) is 0 Å². The van der Waals surface area contributed by atoms with E-state index in [0.29, 0.717) is 6.10 Å². The van der Waals surface area contributed by atoms with Crippen molar-refractivity contribution >= 4 is 0 Å². The lowest BCUT2D eigenvalue weighted by Gasteiger charge is -2.09. The van der Waals surface area contributed by atoms with Crippen molar-refractivity contribution in [1.82, 2.24) is 5.32 Å². The standard InChI is InChI=1S/C18H31NO/c1-15(2)13-17-7-9-18(10-8-17)14-19-11-5-6-12-20-16(3)4/h7-10,15-16,19H,5-6,11-14H2,1-4H3. The van der Waals surface area contributed by atoms with Crippen LogP contribution >= 0.6 is 0 Å². The molecule has 2 nitrogen and oxygen atoms in total. The Morgan fingerprint density at radius 3 is 2.20 bits per heavy atom. The van der Waals surface area contributed by atoms with E-state index in [1.807, 2.05) is 0 Å². The van der Waals surface area contributed by atoms with E-state index in [2.05, 4.69) is 57.3 Å². The number of benzene rings is 1. The molecule has 0 aliphatic heterocycles. The van der Waals surface area contributed by atoms with Crippen molar-refractivity contribution in [2.45, 2.75) is 59.6 Å². The van der Waals surface area contributed by atoms with E-state index in [0.717, 1.165) is 32.0 Å². The highest BCUT2D eigenvalue weighted by Gasteiger charge is 1.98. The quantitative estimate of drug-likeness (QED) is 0.648. The molecule has 0 unspecified atom stereocenters. The Labute approximate surface area is 124 Å². The Bertz CT molecular complexity index is 343. The Morgan fingerprint density at radius 2 is 1.60 bits per heavy atom. The maximum absolute atomic E-state index is 5.52. The Balaban J connectivity index is 2.10. The van der Waals surface area contributed by atoms with Crippen LogP contribution in [0.1, 0.15) is 51.7 Å². The molecular formula is C18H31NO. The van der Waals surface area contributed by atoms with Crippen LogP contribution in [-0.4, -0.2) is 19.3 Å². The first-order valence-electron chi connectivity index (χ1n) is 7.98. The first kappa shape index (κ1) is 17.2. The SMILES string of the molecule is CC(C)Cc1ccc(CNCCCCOC(C)C)cc1. The third-order valence-corrected chi connectivity index (χ3v) is 3.20. The van der Waals surface area contributed by atoms with Crippen LogP contribution < -0.4 is 5.32 Å². The average molecular weight is 277 g/mol. The molecule has 1 rings (SSSR count). The molecule has 0 aliphatic rings. The second-order valence-corrected chi connectivity index (χ2v) is 6.22. The van der Waals surface area contributed by atoms with Gasteiger partial charge in [0.1, 0.15) is 0 Å². The summed E-state index contributed by atoms with van der Waals surface area (Å²) in [6.45, 7) is 11.6. The van der Waals surface area contributed by atoms with Gasteiger partial charge in [-0.2, -0.15) is 0 Å². The van der Waals surface area contributed by atoms with Gasteiger partial charge in [0, 0.05) is 13.2 Å². The van der Waals surface area contributed by atoms with Gasteiger partial charge in [0.15, 0.2) is 0 Å². The summed E-state index contributed by atoms with van der Waals surface area (Å²) in [7, 11) is 0. The highest BCUT2D eigenvalue weighted by atomic mass is 16.5. The highest BCUT2D eigenvalue weighted by molar-refractivity contribution is 5.22. The monoisotopic (exact) mass is 277 g/mol. The molecule has 0 aliphatic carbocycles. The molecule has 0 bridgehead atoms. The zero-order valence-electron chi connectivity index (χ0n) is 13.6. The van der Waals surface area contributed by atoms with E-state index in [1.54, 1.807) is 0 Å². The Morgan fingerprint density at radius 1 is 0.950 bits per heavy atom. The predicted molar refractivity (Wildman–Crippen MR) is 87.0 cm³/mol. The molecule has 1 aromatic carbocycles. The van der Waals surface area contributed by atoms with E-state index in [9.17, 15) is 0 Å². The van der Waals surface area contributed by atoms with Gasteiger partial charge in [-0.05, 0) is 56.7 Å². The lowest BCUT2D eigenvalue weighted by Crippen LogP contribution is -2.15. The van der Waals surface area contributed by atoms with Crippen LogP contribution in [0.3, 0.4) is 0 Å². The van der Waals surface area contributed by atoms with Crippen molar-refractivity contribution in [3.8, 4) is 0 Å². The van der Waals surface area contributed by atoms with Crippen molar-refractivity contribution < 1.29 is 4.74 Å². The number of rotatable bonds is 10. The summed E-state index contributed by atoms with van der Waals surface area (Å²) in [5, 5.41) is 3.49. The molecule has 1 aromatic rings. The van der Waals surface area contributed by atoms with Gasteiger partial charge in [0.25, 0.3) is 0 Å². The van der Waals surface area contributed by atoms with Gasteiger partial charge in [-0.15, -0.1) is 0 Å². The number of unbranched alkanes of at least 4 members (excludes halogenated alkanes) is 1. The predicted octanol–water partition coefficient (Wildman–Crippen LogP) is 4.18. The van der Waals surface area contributed by atoms with Gasteiger partial charge in [0.2, 0.25) is 0 Å². The zero-order chi connectivity index (χ0) is 14.8. The van der Waals surface area contributed by atoms with Crippen LogP contribution in [0.4, 0.5) is 0 Å². The summed E-state index contributed by atoms with van der Waals surface area (Å²) < 4.78 is 5.52. The molecule has 2 heteroatoms. The molecule has 0 atom stereocenters. The van der Waals surface area contributed by atoms with Gasteiger partial charge in [-0.1, -0.05) is 38.1 Å². The fraction of sp³-hybridized carbons (Fsp3) is 0.667. The van der Waals surface area contributed by atoms with Crippen molar-refractivity contribution in [2.24, 2.45) is 5.92 Å². The van der Waals surface area contributed by atoms with Crippen molar-refractivity contribution in [3.05, 3.63) is 35.4 Å². The van der Waals surface area contributed by atoms with Crippen molar-refractivity contribution in [3.63, 3.8) is 0 Å². The summed E-state index contributed by atoms with van der Waals surface area (Å²) in [6, 6.07) is 9.00. The molecular weight excluding hydrogens is 246 g/mol. The van der Waals surface area contributed by atoms with Crippen LogP contribution in [0.15, 0.2) is 24.3 Å². The third-order valence-electron chi connectivity index (χ3n) is 3.20. The first-order chi connectivity index (χ1) is 9.58. The highest BCUT2D eigenvalue weighted by Crippen LogP contribution is 2.09. The van der Waals surface area contributed by atoms with E-state index < -0.39 is 0 Å². The summed E-state index contributed by atoms with van der Waals surface area (Å²) in [6.07, 6.45) is 3.84. The molecule has 0 spiro atoms. The minimum absolute atomic E-state index is 0.354. The largest absolute Gasteiger partial charge is 0.379 e. The van der Waals surface area contributed by atoms with Crippen molar-refractivity contribution in [2.75, 3.05) is 13.2 Å². The second-order valence-electron chi connectivity index (χ2n) is 6.22. The minimum Gasteiger partial charge on any atom is -0.379 e. The minimum atomic E-state index is 0.354. The van der Waals surface area contributed by atoms with E-state index in [-0.39, 0.29) is 0 Å². The lowest BCUT2D eigenvalue weighted by molar-refractivity contribution is 0.0760. The maximum Gasteiger partial charge on any atom is 0.0518 e. The van der Waals surface area contributed by atoms with Gasteiger partial charge in [0.05, 0.1) is 6.10 Å². The topological polar surface area (TPSA) is 21.3 Å². The Hall–Kier alpha value is -0.860. The van der Waals surface area contributed by atoms with Gasteiger partial charge < -0.3 is 10.1 Å². The summed E-state index contributed by atoms with van der Waals surface area (Å²) in [5.74, 6) is 0.729. The summed E-state index contributed by atoms with van der Waals surface area (Å²) in [5.41, 5.74) is 2.81. The van der Waals surface area contributed by atoms with Gasteiger partial charge >= 0.3 is 0 Å². The van der Waals surface area contributed by atoms with Crippen LogP contribution in [0.5, 0.6) is 0 Å². The van der Waals surface area contributed by atoms with Crippen LogP contribution in [0.25, 0.3) is 0 Å². The fourth-order valence-electron chi connectivity index (χ4n) is 2.17. The van der Waals surface area contributed by atoms with Crippen LogP contribution in [0, 0.1) is 5.92 Å². The smallest absolute Gasteiger partial charge is 0.0518 e. The number of ether oxygens (including phenoxy) is 1. The zero-order valence-corrected chi connectivity index (χ0v) is 13.6. The summed E-state index contributed by atoms with van der Waals surface area (Å²) >= 11 is 0. The van der Waals surface area contributed by atoms with E-state index in [4.69, 9.17) is 4.74 Å². The molecule has 20 heavy (non-hydrogen) atoms. The molecule has 0 radical (unpaired) electrons. The molecule has 1 N–H and O–H groups in total. The summed E-state index contributed by atoms with van der Waals surface area (Å²) in [4.78, 5) is 0. The van der Waals surface area contributed by atoms with Gasteiger partial charge in [-0.3, -0.25) is 0 Å². The number of hydrogen-bond acceptors (Lipinski definition) is 2. The van der Waals surface area contributed by atoms with E-state index >= 15 is 0 Å².